The van der Waals surface area contributed by atoms with Crippen LogP contribution in [-0.2, 0) is 6.54 Å². The lowest BCUT2D eigenvalue weighted by molar-refractivity contribution is 0.0694. The van der Waals surface area contributed by atoms with Gasteiger partial charge in [0.05, 0.1) is 0 Å². The van der Waals surface area contributed by atoms with E-state index in [2.05, 4.69) is 13.8 Å². The van der Waals surface area contributed by atoms with E-state index in [4.69, 9.17) is 5.11 Å². The second kappa shape index (κ2) is 7.12. The van der Waals surface area contributed by atoms with Gasteiger partial charge in [0.25, 0.3) is 0 Å². The Balaban J connectivity index is 2.96. The predicted molar refractivity (Wildman–Crippen MR) is 75.7 cm³/mol. The van der Waals surface area contributed by atoms with Crippen molar-refractivity contribution in [3.63, 3.8) is 0 Å². The number of hydrogen-bond donors (Lipinski definition) is 1. The minimum absolute atomic E-state index is 0.143. The summed E-state index contributed by atoms with van der Waals surface area (Å²) in [5.41, 5.74) is 0.267. The number of carboxylic acids is 1. The first-order valence-electron chi connectivity index (χ1n) is 6.93. The minimum atomic E-state index is -1.15. The van der Waals surface area contributed by atoms with Crippen molar-refractivity contribution < 1.29 is 9.90 Å². The van der Waals surface area contributed by atoms with Crippen LogP contribution in [0.5, 0.6) is 0 Å². The van der Waals surface area contributed by atoms with Crippen LogP contribution in [-0.4, -0.2) is 15.6 Å². The third-order valence-corrected chi connectivity index (χ3v) is 3.57. The van der Waals surface area contributed by atoms with E-state index in [9.17, 15) is 9.59 Å². The van der Waals surface area contributed by atoms with Crippen molar-refractivity contribution in [2.24, 2.45) is 5.92 Å². The summed E-state index contributed by atoms with van der Waals surface area (Å²) in [6, 6.07) is 1.41. The number of rotatable bonds is 7. The van der Waals surface area contributed by atoms with Gasteiger partial charge >= 0.3 is 5.97 Å². The smallest absolute Gasteiger partial charge is 0.341 e. The molecule has 0 aliphatic heterocycles. The Morgan fingerprint density at radius 1 is 1.42 bits per heavy atom. The van der Waals surface area contributed by atoms with Crippen molar-refractivity contribution in [1.82, 2.24) is 4.57 Å². The van der Waals surface area contributed by atoms with E-state index < -0.39 is 11.4 Å². The van der Waals surface area contributed by atoms with Crippen LogP contribution in [0.25, 0.3) is 0 Å². The van der Waals surface area contributed by atoms with Gasteiger partial charge in [-0.2, -0.15) is 0 Å². The van der Waals surface area contributed by atoms with E-state index in [1.165, 1.54) is 25.1 Å². The number of pyridine rings is 1. The molecule has 0 radical (unpaired) electrons. The predicted octanol–water partition coefficient (Wildman–Crippen LogP) is 3.07. The molecule has 0 fully saturated rings. The summed E-state index contributed by atoms with van der Waals surface area (Å²) >= 11 is 0. The molecule has 1 atom stereocenters. The third-order valence-electron chi connectivity index (χ3n) is 3.57. The van der Waals surface area contributed by atoms with Crippen LogP contribution in [0.1, 0.15) is 55.6 Å². The monoisotopic (exact) mass is 265 g/mol. The van der Waals surface area contributed by atoms with Crippen LogP contribution in [0, 0.1) is 12.8 Å². The Hall–Kier alpha value is -1.58. The highest BCUT2D eigenvalue weighted by Gasteiger charge is 2.13. The number of aromatic nitrogens is 1. The number of aromatic carboxylic acids is 1. The Morgan fingerprint density at radius 3 is 2.63 bits per heavy atom. The number of nitrogens with zero attached hydrogens (tertiary/aromatic N) is 1. The second-order valence-electron chi connectivity index (χ2n) is 5.07. The molecule has 1 N–H and O–H groups in total. The van der Waals surface area contributed by atoms with Crippen LogP contribution >= 0.6 is 0 Å². The Bertz CT molecular complexity index is 491. The quantitative estimate of drug-likeness (QED) is 0.824. The minimum Gasteiger partial charge on any atom is -0.477 e. The molecule has 1 rings (SSSR count). The van der Waals surface area contributed by atoms with E-state index in [-0.39, 0.29) is 5.56 Å². The van der Waals surface area contributed by atoms with E-state index in [0.717, 1.165) is 25.1 Å². The topological polar surface area (TPSA) is 59.3 Å². The fourth-order valence-corrected chi connectivity index (χ4v) is 2.22. The highest BCUT2D eigenvalue weighted by molar-refractivity contribution is 5.87. The molecule has 19 heavy (non-hydrogen) atoms. The van der Waals surface area contributed by atoms with Gasteiger partial charge in [-0.15, -0.1) is 0 Å². The molecular formula is C15H23NO3. The molecule has 0 spiro atoms. The molecule has 0 bridgehead atoms. The molecular weight excluding hydrogens is 242 g/mol. The van der Waals surface area contributed by atoms with Gasteiger partial charge in [0.2, 0.25) is 0 Å². The molecule has 4 nitrogen and oxygen atoms in total. The van der Waals surface area contributed by atoms with Gasteiger partial charge in [-0.1, -0.05) is 33.1 Å². The molecule has 0 aliphatic carbocycles. The highest BCUT2D eigenvalue weighted by Crippen LogP contribution is 2.16. The average Bonchev–Trinajstić information content (AvgIpc) is 2.36. The number of hydrogen-bond acceptors (Lipinski definition) is 2. The van der Waals surface area contributed by atoms with Crippen molar-refractivity contribution in [3.8, 4) is 0 Å². The SMILES string of the molecule is CCCCC(CC)Cn1cc(C(=O)O)c(=O)cc1C. The number of carboxylic acid groups (broad SMARTS) is 1. The van der Waals surface area contributed by atoms with E-state index in [1.54, 1.807) is 0 Å². The van der Waals surface area contributed by atoms with Gasteiger partial charge < -0.3 is 9.67 Å². The van der Waals surface area contributed by atoms with Crippen LogP contribution in [0.2, 0.25) is 0 Å². The molecule has 4 heteroatoms. The first-order valence-corrected chi connectivity index (χ1v) is 6.93. The highest BCUT2D eigenvalue weighted by atomic mass is 16.4. The fourth-order valence-electron chi connectivity index (χ4n) is 2.22. The van der Waals surface area contributed by atoms with Gasteiger partial charge in [-0.3, -0.25) is 4.79 Å². The van der Waals surface area contributed by atoms with Gasteiger partial charge in [0.15, 0.2) is 5.43 Å². The van der Waals surface area contributed by atoms with Crippen molar-refractivity contribution in [3.05, 3.63) is 33.7 Å². The number of unbranched alkanes of at least 4 members (excludes halogenated alkanes) is 1. The zero-order chi connectivity index (χ0) is 14.4. The summed E-state index contributed by atoms with van der Waals surface area (Å²) < 4.78 is 1.90. The third kappa shape index (κ3) is 4.23. The van der Waals surface area contributed by atoms with Crippen LogP contribution < -0.4 is 5.43 Å². The Morgan fingerprint density at radius 2 is 2.11 bits per heavy atom. The largest absolute Gasteiger partial charge is 0.477 e. The fraction of sp³-hybridized carbons (Fsp3) is 0.600. The number of carbonyl (C=O) groups is 1. The molecule has 0 amide bonds. The summed E-state index contributed by atoms with van der Waals surface area (Å²) in [6.45, 7) is 6.94. The lowest BCUT2D eigenvalue weighted by Gasteiger charge is -2.19. The summed E-state index contributed by atoms with van der Waals surface area (Å²) in [7, 11) is 0. The molecule has 1 aromatic heterocycles. The standard InChI is InChI=1S/C15H23NO3/c1-4-6-7-12(5-2)9-16-10-13(15(18)19)14(17)8-11(16)3/h8,10,12H,4-7,9H2,1-3H3,(H,18,19). The molecule has 0 aliphatic rings. The normalized spacial score (nSPS) is 12.4. The molecule has 1 heterocycles. The number of aryl methyl sites for hydroxylation is 1. The van der Waals surface area contributed by atoms with E-state index in [0.29, 0.717) is 5.92 Å². The van der Waals surface area contributed by atoms with E-state index in [1.807, 2.05) is 11.5 Å². The average molecular weight is 265 g/mol. The first kappa shape index (κ1) is 15.5. The van der Waals surface area contributed by atoms with Crippen LogP contribution in [0.15, 0.2) is 17.1 Å². The second-order valence-corrected chi connectivity index (χ2v) is 5.07. The first-order chi connectivity index (χ1) is 8.99. The maximum Gasteiger partial charge on any atom is 0.341 e. The molecule has 0 saturated heterocycles. The van der Waals surface area contributed by atoms with Gasteiger partial charge in [-0.25, -0.2) is 4.79 Å². The zero-order valence-electron chi connectivity index (χ0n) is 12.0. The Labute approximate surface area is 114 Å². The zero-order valence-corrected chi connectivity index (χ0v) is 12.0. The summed E-state index contributed by atoms with van der Waals surface area (Å²) in [4.78, 5) is 22.6. The molecule has 106 valence electrons. The molecule has 1 aromatic rings. The Kier molecular flexibility index (Phi) is 5.80. The van der Waals surface area contributed by atoms with Crippen molar-refractivity contribution >= 4 is 5.97 Å². The maximum absolute atomic E-state index is 11.6. The van der Waals surface area contributed by atoms with Crippen LogP contribution in [0.3, 0.4) is 0 Å². The lowest BCUT2D eigenvalue weighted by Crippen LogP contribution is -2.21. The van der Waals surface area contributed by atoms with Gasteiger partial charge in [-0.05, 0) is 19.3 Å². The van der Waals surface area contributed by atoms with Crippen molar-refractivity contribution in [2.75, 3.05) is 0 Å². The van der Waals surface area contributed by atoms with Crippen molar-refractivity contribution in [2.45, 2.75) is 53.0 Å². The summed E-state index contributed by atoms with van der Waals surface area (Å²) in [6.07, 6.45) is 6.03. The molecule has 0 aromatic carbocycles. The van der Waals surface area contributed by atoms with Gasteiger partial charge in [0, 0.05) is 24.5 Å². The lowest BCUT2D eigenvalue weighted by atomic mass is 9.99. The summed E-state index contributed by atoms with van der Waals surface area (Å²) in [5, 5.41) is 9.00. The van der Waals surface area contributed by atoms with Crippen LogP contribution in [0.4, 0.5) is 0 Å². The maximum atomic E-state index is 11.6. The van der Waals surface area contributed by atoms with Crippen molar-refractivity contribution in [1.29, 1.82) is 0 Å². The van der Waals surface area contributed by atoms with Gasteiger partial charge in [0.1, 0.15) is 5.56 Å². The summed E-state index contributed by atoms with van der Waals surface area (Å²) in [5.74, 6) is -0.622. The molecule has 0 saturated carbocycles. The van der Waals surface area contributed by atoms with E-state index >= 15 is 0 Å². The molecule has 1 unspecified atom stereocenters.